The first kappa shape index (κ1) is 9.34. The molecule has 76 valence electrons. The highest BCUT2D eigenvalue weighted by Gasteiger charge is 2.39. The van der Waals surface area contributed by atoms with Crippen molar-refractivity contribution < 1.29 is 13.9 Å². The summed E-state index contributed by atoms with van der Waals surface area (Å²) >= 11 is 0. The zero-order valence-corrected chi connectivity index (χ0v) is 7.55. The summed E-state index contributed by atoms with van der Waals surface area (Å²) in [6.45, 7) is 0.981. The minimum Gasteiger partial charge on any atom is -0.393 e. The van der Waals surface area contributed by atoms with Crippen LogP contribution in [0.5, 0.6) is 0 Å². The van der Waals surface area contributed by atoms with Crippen LogP contribution in [-0.4, -0.2) is 41.2 Å². The Kier molecular flexibility index (Phi) is 2.28. The van der Waals surface area contributed by atoms with E-state index in [2.05, 4.69) is 4.90 Å². The minimum absolute atomic E-state index is 0.0143. The lowest BCUT2D eigenvalue weighted by atomic mass is 9.86. The smallest absolute Gasteiger partial charge is 0.250 e. The Hall–Kier alpha value is -0.220. The third-order valence-corrected chi connectivity index (χ3v) is 3.13. The van der Waals surface area contributed by atoms with Crippen LogP contribution in [0.15, 0.2) is 0 Å². The topological polar surface area (TPSA) is 23.5 Å². The second kappa shape index (κ2) is 3.17. The summed E-state index contributed by atoms with van der Waals surface area (Å²) in [5.41, 5.74) is 0. The molecule has 0 amide bonds. The van der Waals surface area contributed by atoms with Gasteiger partial charge in [-0.2, -0.15) is 0 Å². The molecule has 2 aliphatic rings. The highest BCUT2D eigenvalue weighted by atomic mass is 19.3. The quantitative estimate of drug-likeness (QED) is 0.674. The fourth-order valence-electron chi connectivity index (χ4n) is 2.07. The molecule has 2 fully saturated rings. The van der Waals surface area contributed by atoms with Crippen molar-refractivity contribution in [3.8, 4) is 0 Å². The van der Waals surface area contributed by atoms with Crippen LogP contribution in [-0.2, 0) is 0 Å². The molecule has 1 saturated carbocycles. The van der Waals surface area contributed by atoms with Crippen molar-refractivity contribution >= 4 is 0 Å². The number of halogens is 2. The molecule has 1 N–H and O–H groups in total. The maximum absolute atomic E-state index is 12.8. The standard InChI is InChI=1S/C9H15F2NO/c10-9(11)1-3-12(4-2-9)7-5-8(13)6-7/h7-8,13H,1-6H2/t7-,8+. The number of likely N-dealkylation sites (tertiary alicyclic amines) is 1. The predicted octanol–water partition coefficient (Wildman–Crippen LogP) is 1.24. The van der Waals surface area contributed by atoms with E-state index in [-0.39, 0.29) is 18.9 Å². The average Bonchev–Trinajstić information content (AvgIpc) is 2.00. The Morgan fingerprint density at radius 2 is 1.69 bits per heavy atom. The van der Waals surface area contributed by atoms with Crippen molar-refractivity contribution in [1.82, 2.24) is 4.90 Å². The summed E-state index contributed by atoms with van der Waals surface area (Å²) in [7, 11) is 0. The van der Waals surface area contributed by atoms with E-state index in [1.54, 1.807) is 0 Å². The number of aliphatic hydroxyl groups is 1. The van der Waals surface area contributed by atoms with Gasteiger partial charge >= 0.3 is 0 Å². The minimum atomic E-state index is -2.45. The van der Waals surface area contributed by atoms with Crippen molar-refractivity contribution in [1.29, 1.82) is 0 Å². The summed E-state index contributed by atoms with van der Waals surface area (Å²) in [6, 6.07) is 0.367. The van der Waals surface area contributed by atoms with Crippen LogP contribution in [0, 0.1) is 0 Å². The van der Waals surface area contributed by atoms with Crippen LogP contribution >= 0.6 is 0 Å². The molecule has 0 unspecified atom stereocenters. The number of nitrogens with zero attached hydrogens (tertiary/aromatic N) is 1. The lowest BCUT2D eigenvalue weighted by Crippen LogP contribution is -2.51. The van der Waals surface area contributed by atoms with Gasteiger partial charge in [-0.15, -0.1) is 0 Å². The van der Waals surface area contributed by atoms with E-state index in [4.69, 9.17) is 5.11 Å². The zero-order valence-electron chi connectivity index (χ0n) is 7.55. The molecule has 0 aromatic carbocycles. The van der Waals surface area contributed by atoms with Crippen molar-refractivity contribution in [3.63, 3.8) is 0 Å². The first-order chi connectivity index (χ1) is 6.07. The van der Waals surface area contributed by atoms with Crippen molar-refractivity contribution in [2.45, 2.75) is 43.8 Å². The van der Waals surface area contributed by atoms with Gasteiger partial charge in [0, 0.05) is 32.0 Å². The molecule has 1 aliphatic heterocycles. The van der Waals surface area contributed by atoms with E-state index in [0.29, 0.717) is 19.1 Å². The third kappa shape index (κ3) is 1.99. The maximum Gasteiger partial charge on any atom is 0.250 e. The number of hydrogen-bond acceptors (Lipinski definition) is 2. The van der Waals surface area contributed by atoms with Gasteiger partial charge in [0.15, 0.2) is 0 Å². The Balaban J connectivity index is 1.79. The monoisotopic (exact) mass is 191 g/mol. The number of rotatable bonds is 1. The normalized spacial score (nSPS) is 39.9. The van der Waals surface area contributed by atoms with Crippen LogP contribution in [0.4, 0.5) is 8.78 Å². The van der Waals surface area contributed by atoms with E-state index >= 15 is 0 Å². The van der Waals surface area contributed by atoms with Gasteiger partial charge in [0.2, 0.25) is 0 Å². The van der Waals surface area contributed by atoms with E-state index in [0.717, 1.165) is 12.8 Å². The highest BCUT2D eigenvalue weighted by Crippen LogP contribution is 2.33. The van der Waals surface area contributed by atoms with Gasteiger partial charge < -0.3 is 5.11 Å². The molecule has 0 atom stereocenters. The molecule has 0 bridgehead atoms. The molecule has 1 aliphatic carbocycles. The summed E-state index contributed by atoms with van der Waals surface area (Å²) in [5.74, 6) is -2.45. The van der Waals surface area contributed by atoms with Gasteiger partial charge in [-0.05, 0) is 12.8 Å². The Morgan fingerprint density at radius 3 is 2.15 bits per heavy atom. The van der Waals surface area contributed by atoms with Gasteiger partial charge in [-0.3, -0.25) is 4.90 Å². The molecule has 1 heterocycles. The van der Waals surface area contributed by atoms with E-state index in [1.807, 2.05) is 0 Å². The highest BCUT2D eigenvalue weighted by molar-refractivity contribution is 4.90. The number of piperidine rings is 1. The molecule has 0 aromatic heterocycles. The van der Waals surface area contributed by atoms with Crippen LogP contribution in [0.25, 0.3) is 0 Å². The fourth-order valence-corrected chi connectivity index (χ4v) is 2.07. The molecular weight excluding hydrogens is 176 g/mol. The lowest BCUT2D eigenvalue weighted by Gasteiger charge is -2.43. The lowest BCUT2D eigenvalue weighted by molar-refractivity contribution is -0.0840. The second-order valence-corrected chi connectivity index (χ2v) is 4.17. The first-order valence-corrected chi connectivity index (χ1v) is 4.87. The SMILES string of the molecule is O[C@H]1C[C@@H](N2CCC(F)(F)CC2)C1. The van der Waals surface area contributed by atoms with Crippen molar-refractivity contribution in [2.75, 3.05) is 13.1 Å². The maximum atomic E-state index is 12.8. The van der Waals surface area contributed by atoms with E-state index in [9.17, 15) is 8.78 Å². The van der Waals surface area contributed by atoms with Crippen molar-refractivity contribution in [2.24, 2.45) is 0 Å². The average molecular weight is 191 g/mol. The Labute approximate surface area is 76.5 Å². The molecule has 1 saturated heterocycles. The molecular formula is C9H15F2NO. The molecule has 0 spiro atoms. The first-order valence-electron chi connectivity index (χ1n) is 4.87. The predicted molar refractivity (Wildman–Crippen MR) is 44.8 cm³/mol. The second-order valence-electron chi connectivity index (χ2n) is 4.17. The van der Waals surface area contributed by atoms with Gasteiger partial charge in [-0.25, -0.2) is 8.78 Å². The Morgan fingerprint density at radius 1 is 1.15 bits per heavy atom. The summed E-state index contributed by atoms with van der Waals surface area (Å²) in [4.78, 5) is 2.09. The zero-order chi connectivity index (χ0) is 9.47. The number of hydrogen-bond donors (Lipinski definition) is 1. The number of alkyl halides is 2. The molecule has 13 heavy (non-hydrogen) atoms. The van der Waals surface area contributed by atoms with Gasteiger partial charge in [0.1, 0.15) is 0 Å². The van der Waals surface area contributed by atoms with Crippen LogP contribution in [0.2, 0.25) is 0 Å². The van der Waals surface area contributed by atoms with Crippen LogP contribution < -0.4 is 0 Å². The molecule has 0 radical (unpaired) electrons. The van der Waals surface area contributed by atoms with E-state index < -0.39 is 5.92 Å². The van der Waals surface area contributed by atoms with Gasteiger partial charge in [0.05, 0.1) is 6.10 Å². The van der Waals surface area contributed by atoms with E-state index in [1.165, 1.54) is 0 Å². The van der Waals surface area contributed by atoms with Gasteiger partial charge in [-0.1, -0.05) is 0 Å². The third-order valence-electron chi connectivity index (χ3n) is 3.13. The fraction of sp³-hybridized carbons (Fsp3) is 1.00. The number of aliphatic hydroxyl groups excluding tert-OH is 1. The molecule has 4 heteroatoms. The molecule has 2 nitrogen and oxygen atoms in total. The Bertz CT molecular complexity index is 182. The van der Waals surface area contributed by atoms with Crippen LogP contribution in [0.3, 0.4) is 0 Å². The van der Waals surface area contributed by atoms with Gasteiger partial charge in [0.25, 0.3) is 5.92 Å². The summed E-state index contributed by atoms with van der Waals surface area (Å²) in [5, 5.41) is 9.08. The molecule has 2 rings (SSSR count). The molecule has 0 aromatic rings. The van der Waals surface area contributed by atoms with Crippen molar-refractivity contribution in [3.05, 3.63) is 0 Å². The summed E-state index contributed by atoms with van der Waals surface area (Å²) < 4.78 is 25.5. The van der Waals surface area contributed by atoms with Crippen LogP contribution in [0.1, 0.15) is 25.7 Å². The largest absolute Gasteiger partial charge is 0.393 e. The summed E-state index contributed by atoms with van der Waals surface area (Å²) in [6.07, 6.45) is 1.32.